The van der Waals surface area contributed by atoms with Gasteiger partial charge in [-0.15, -0.1) is 0 Å². The van der Waals surface area contributed by atoms with Gasteiger partial charge in [0.1, 0.15) is 0 Å². The summed E-state index contributed by atoms with van der Waals surface area (Å²) < 4.78 is 4.96. The first-order valence-electron chi connectivity index (χ1n) is 6.20. The van der Waals surface area contributed by atoms with Crippen molar-refractivity contribution < 1.29 is 14.3 Å². The molecule has 1 N–H and O–H groups in total. The molecule has 5 heteroatoms. The average molecular weight is 282 g/mol. The van der Waals surface area contributed by atoms with E-state index in [-0.39, 0.29) is 24.4 Å². The van der Waals surface area contributed by atoms with E-state index in [4.69, 9.17) is 16.3 Å². The molecule has 1 amide bonds. The Morgan fingerprint density at radius 2 is 2.16 bits per heavy atom. The number of amides is 1. The van der Waals surface area contributed by atoms with Crippen LogP contribution in [0.1, 0.15) is 18.9 Å². The van der Waals surface area contributed by atoms with Gasteiger partial charge in [0.2, 0.25) is 0 Å². The molecular weight excluding hydrogens is 266 g/mol. The normalized spacial score (nSPS) is 20.8. The topological polar surface area (TPSA) is 55.4 Å². The molecule has 0 bridgehead atoms. The summed E-state index contributed by atoms with van der Waals surface area (Å²) in [4.78, 5) is 23.1. The van der Waals surface area contributed by atoms with Crippen LogP contribution >= 0.6 is 11.6 Å². The lowest BCUT2D eigenvalue weighted by Crippen LogP contribution is -2.22. The Balaban J connectivity index is 1.84. The monoisotopic (exact) mass is 281 g/mol. The highest BCUT2D eigenvalue weighted by molar-refractivity contribution is 6.31. The van der Waals surface area contributed by atoms with Gasteiger partial charge in [0.25, 0.3) is 5.91 Å². The number of benzene rings is 1. The molecule has 2 atom stereocenters. The highest BCUT2D eigenvalue weighted by atomic mass is 35.5. The molecule has 2 rings (SSSR count). The lowest BCUT2D eigenvalue weighted by molar-refractivity contribution is -0.148. The minimum absolute atomic E-state index is 0.0271. The van der Waals surface area contributed by atoms with Crippen molar-refractivity contribution >= 4 is 29.2 Å². The number of esters is 1. The SMILES string of the molecule is Cc1ccc(Cl)cc1NC(=O)COC(=O)[C@@H]1C[C@@H]1C. The number of carbonyl (C=O) groups is 2. The van der Waals surface area contributed by atoms with Gasteiger partial charge < -0.3 is 10.1 Å². The van der Waals surface area contributed by atoms with Crippen molar-refractivity contribution in [2.24, 2.45) is 11.8 Å². The van der Waals surface area contributed by atoms with Crippen LogP contribution in [-0.2, 0) is 14.3 Å². The van der Waals surface area contributed by atoms with Crippen LogP contribution in [0, 0.1) is 18.8 Å². The number of carbonyl (C=O) groups excluding carboxylic acids is 2. The third-order valence-corrected chi connectivity index (χ3v) is 3.47. The van der Waals surface area contributed by atoms with Crippen LogP contribution in [0.25, 0.3) is 0 Å². The summed E-state index contributed by atoms with van der Waals surface area (Å²) in [5, 5.41) is 3.22. The fraction of sp³-hybridized carbons (Fsp3) is 0.429. The maximum Gasteiger partial charge on any atom is 0.309 e. The molecule has 0 radical (unpaired) electrons. The molecule has 0 unspecified atom stereocenters. The van der Waals surface area contributed by atoms with Crippen LogP contribution in [-0.4, -0.2) is 18.5 Å². The van der Waals surface area contributed by atoms with Crippen LogP contribution in [0.5, 0.6) is 0 Å². The second kappa shape index (κ2) is 5.61. The van der Waals surface area contributed by atoms with E-state index in [1.54, 1.807) is 12.1 Å². The number of nitrogens with one attached hydrogen (secondary N) is 1. The molecule has 1 aliphatic carbocycles. The van der Waals surface area contributed by atoms with Crippen LogP contribution in [0.2, 0.25) is 5.02 Å². The zero-order valence-electron chi connectivity index (χ0n) is 10.9. The molecule has 4 nitrogen and oxygen atoms in total. The summed E-state index contributed by atoms with van der Waals surface area (Å²) >= 11 is 5.86. The van der Waals surface area contributed by atoms with Crippen LogP contribution < -0.4 is 5.32 Å². The Morgan fingerprint density at radius 3 is 2.79 bits per heavy atom. The molecule has 19 heavy (non-hydrogen) atoms. The fourth-order valence-electron chi connectivity index (χ4n) is 1.81. The number of rotatable bonds is 4. The van der Waals surface area contributed by atoms with Gasteiger partial charge in [-0.2, -0.15) is 0 Å². The summed E-state index contributed by atoms with van der Waals surface area (Å²) in [6.07, 6.45) is 0.855. The van der Waals surface area contributed by atoms with E-state index in [0.717, 1.165) is 12.0 Å². The minimum atomic E-state index is -0.355. The molecule has 1 aromatic rings. The fourth-order valence-corrected chi connectivity index (χ4v) is 1.98. The summed E-state index contributed by atoms with van der Waals surface area (Å²) in [6, 6.07) is 5.23. The molecule has 1 aromatic carbocycles. The van der Waals surface area contributed by atoms with Gasteiger partial charge in [0, 0.05) is 10.7 Å². The number of halogens is 1. The van der Waals surface area contributed by atoms with Gasteiger partial charge in [-0.25, -0.2) is 0 Å². The molecule has 102 valence electrons. The van der Waals surface area contributed by atoms with E-state index in [2.05, 4.69) is 5.32 Å². The van der Waals surface area contributed by atoms with Gasteiger partial charge >= 0.3 is 5.97 Å². The largest absolute Gasteiger partial charge is 0.455 e. The summed E-state index contributed by atoms with van der Waals surface area (Å²) in [6.45, 7) is 3.60. The molecule has 0 spiro atoms. The molecule has 0 saturated heterocycles. The predicted octanol–water partition coefficient (Wildman–Crippen LogP) is 2.79. The maximum atomic E-state index is 11.7. The third-order valence-electron chi connectivity index (χ3n) is 3.23. The molecular formula is C14H16ClNO3. The Hall–Kier alpha value is -1.55. The first kappa shape index (κ1) is 13.9. The molecule has 1 aliphatic rings. The van der Waals surface area contributed by atoms with E-state index in [9.17, 15) is 9.59 Å². The maximum absolute atomic E-state index is 11.7. The molecule has 0 aliphatic heterocycles. The molecule has 0 heterocycles. The van der Waals surface area contributed by atoms with Crippen molar-refractivity contribution in [1.82, 2.24) is 0 Å². The summed E-state index contributed by atoms with van der Waals surface area (Å²) in [5.41, 5.74) is 1.54. The van der Waals surface area contributed by atoms with E-state index >= 15 is 0 Å². The van der Waals surface area contributed by atoms with Crippen molar-refractivity contribution in [2.75, 3.05) is 11.9 Å². The van der Waals surface area contributed by atoms with Crippen molar-refractivity contribution in [1.29, 1.82) is 0 Å². The second-order valence-corrected chi connectivity index (χ2v) is 5.37. The Kier molecular flexibility index (Phi) is 4.10. The number of anilines is 1. The first-order chi connectivity index (χ1) is 8.97. The van der Waals surface area contributed by atoms with Crippen LogP contribution in [0.4, 0.5) is 5.69 Å². The average Bonchev–Trinajstić information content (AvgIpc) is 3.08. The zero-order chi connectivity index (χ0) is 14.0. The molecule has 0 aromatic heterocycles. The van der Waals surface area contributed by atoms with Gasteiger partial charge in [0.05, 0.1) is 5.92 Å². The lowest BCUT2D eigenvalue weighted by atomic mass is 10.2. The lowest BCUT2D eigenvalue weighted by Gasteiger charge is -2.09. The van der Waals surface area contributed by atoms with E-state index in [1.165, 1.54) is 0 Å². The van der Waals surface area contributed by atoms with E-state index in [1.807, 2.05) is 19.9 Å². The predicted molar refractivity (Wildman–Crippen MR) is 73.0 cm³/mol. The Bertz CT molecular complexity index is 515. The van der Waals surface area contributed by atoms with Gasteiger partial charge in [-0.05, 0) is 37.0 Å². The smallest absolute Gasteiger partial charge is 0.309 e. The first-order valence-corrected chi connectivity index (χ1v) is 6.58. The van der Waals surface area contributed by atoms with E-state index in [0.29, 0.717) is 16.6 Å². The highest BCUT2D eigenvalue weighted by Gasteiger charge is 2.40. The molecule has 1 saturated carbocycles. The van der Waals surface area contributed by atoms with Gasteiger partial charge in [-0.3, -0.25) is 9.59 Å². The third kappa shape index (κ3) is 3.70. The van der Waals surface area contributed by atoms with Crippen molar-refractivity contribution in [3.63, 3.8) is 0 Å². The van der Waals surface area contributed by atoms with Gasteiger partial charge in [0.15, 0.2) is 6.61 Å². The zero-order valence-corrected chi connectivity index (χ0v) is 11.7. The Morgan fingerprint density at radius 1 is 1.47 bits per heavy atom. The number of hydrogen-bond acceptors (Lipinski definition) is 3. The van der Waals surface area contributed by atoms with Crippen molar-refractivity contribution in [3.8, 4) is 0 Å². The molecule has 1 fully saturated rings. The number of hydrogen-bond donors (Lipinski definition) is 1. The van der Waals surface area contributed by atoms with Crippen molar-refractivity contribution in [3.05, 3.63) is 28.8 Å². The van der Waals surface area contributed by atoms with Gasteiger partial charge in [-0.1, -0.05) is 24.6 Å². The highest BCUT2D eigenvalue weighted by Crippen LogP contribution is 2.38. The summed E-state index contributed by atoms with van der Waals surface area (Å²) in [7, 11) is 0. The second-order valence-electron chi connectivity index (χ2n) is 4.93. The van der Waals surface area contributed by atoms with Crippen LogP contribution in [0.15, 0.2) is 18.2 Å². The van der Waals surface area contributed by atoms with Crippen molar-refractivity contribution in [2.45, 2.75) is 20.3 Å². The Labute approximate surface area is 117 Å². The standard InChI is InChI=1S/C14H16ClNO3/c1-8-3-4-10(15)6-12(8)16-13(17)7-19-14(18)11-5-9(11)2/h3-4,6,9,11H,5,7H2,1-2H3,(H,16,17)/t9-,11+/m0/s1. The quantitative estimate of drug-likeness (QED) is 0.864. The summed E-state index contributed by atoms with van der Waals surface area (Å²) in [5.74, 6) is -0.288. The number of aryl methyl sites for hydroxylation is 1. The van der Waals surface area contributed by atoms with Crippen LogP contribution in [0.3, 0.4) is 0 Å². The minimum Gasteiger partial charge on any atom is -0.455 e. The number of ether oxygens (including phenoxy) is 1. The van der Waals surface area contributed by atoms with E-state index < -0.39 is 0 Å².